The molecular weight excluding hydrogens is 637 g/mol. The van der Waals surface area contributed by atoms with Crippen LogP contribution in [-0.4, -0.2) is 54.4 Å². The largest absolute Gasteiger partial charge is 0.465 e. The van der Waals surface area contributed by atoms with Crippen molar-refractivity contribution in [1.29, 1.82) is 0 Å². The Morgan fingerprint density at radius 3 is 2.47 bits per heavy atom. The second kappa shape index (κ2) is 12.8. The molecule has 0 unspecified atom stereocenters. The number of carbonyl (C=O) groups excluding carboxylic acids is 1. The Morgan fingerprint density at radius 1 is 1.13 bits per heavy atom. The topological polar surface area (TPSA) is 133 Å². The van der Waals surface area contributed by atoms with Crippen molar-refractivity contribution in [1.82, 2.24) is 25.0 Å². The Bertz CT molecular complexity index is 1880. The molecule has 3 heterocycles. The van der Waals surface area contributed by atoms with Crippen molar-refractivity contribution < 1.29 is 33.0 Å². The van der Waals surface area contributed by atoms with Crippen LogP contribution in [0.25, 0.3) is 22.4 Å². The smallest absolute Gasteiger partial charge is 0.411 e. The molecule has 2 aromatic heterocycles. The van der Waals surface area contributed by atoms with E-state index in [0.717, 1.165) is 22.7 Å². The van der Waals surface area contributed by atoms with Crippen molar-refractivity contribution in [3.63, 3.8) is 0 Å². The van der Waals surface area contributed by atoms with Gasteiger partial charge in [-0.15, -0.1) is 0 Å². The van der Waals surface area contributed by atoms with Crippen LogP contribution in [0.15, 0.2) is 72.1 Å². The third-order valence-corrected chi connectivity index (χ3v) is 8.11. The van der Waals surface area contributed by atoms with Crippen LogP contribution in [0.4, 0.5) is 18.0 Å². The lowest BCUT2D eigenvalue weighted by atomic mass is 9.75. The average molecular weight is 669 g/mol. The number of amides is 2. The molecule has 10 nitrogen and oxygen atoms in total. The summed E-state index contributed by atoms with van der Waals surface area (Å²) in [7, 11) is 0. The number of pyridine rings is 1. The number of nitrogens with one attached hydrogen (secondary N) is 1. The molecule has 246 valence electrons. The Hall–Kier alpha value is -4.75. The molecule has 14 heteroatoms. The van der Waals surface area contributed by atoms with E-state index in [9.17, 15) is 28.6 Å². The van der Waals surface area contributed by atoms with E-state index in [1.807, 2.05) is 33.8 Å². The van der Waals surface area contributed by atoms with Gasteiger partial charge in [-0.3, -0.25) is 20.0 Å². The molecule has 2 amide bonds. The third-order valence-electron chi connectivity index (χ3n) is 7.78. The van der Waals surface area contributed by atoms with Crippen LogP contribution in [-0.2, 0) is 10.3 Å². The number of guanidine groups is 1. The van der Waals surface area contributed by atoms with Gasteiger partial charge in [0.1, 0.15) is 5.82 Å². The van der Waals surface area contributed by atoms with Gasteiger partial charge in [0, 0.05) is 34.1 Å². The summed E-state index contributed by atoms with van der Waals surface area (Å²) in [6.07, 6.45) is 2.25. The predicted octanol–water partition coefficient (Wildman–Crippen LogP) is 6.94. The molecule has 0 radical (unpaired) electrons. The first kappa shape index (κ1) is 33.6. The number of halogens is 4. The number of hydrogen-bond acceptors (Lipinski definition) is 6. The summed E-state index contributed by atoms with van der Waals surface area (Å²) in [6.45, 7) is 3.77. The summed E-state index contributed by atoms with van der Waals surface area (Å²) in [5, 5.41) is 26.6. The molecule has 0 saturated heterocycles. The van der Waals surface area contributed by atoms with Crippen LogP contribution < -0.4 is 5.32 Å². The molecule has 3 N–H and O–H groups in total. The van der Waals surface area contributed by atoms with E-state index in [-0.39, 0.29) is 23.1 Å². The molecule has 5 rings (SSSR count). The molecule has 1 aliphatic heterocycles. The van der Waals surface area contributed by atoms with Crippen molar-refractivity contribution >= 4 is 29.6 Å². The molecule has 4 aromatic rings. The van der Waals surface area contributed by atoms with E-state index in [0.29, 0.717) is 26.5 Å². The number of carbonyl (C=O) groups is 2. The zero-order valence-electron chi connectivity index (χ0n) is 25.9. The number of hydrogen-bond donors (Lipinski definition) is 3. The molecule has 0 saturated carbocycles. The second-order valence-corrected chi connectivity index (χ2v) is 12.8. The Labute approximate surface area is 273 Å². The van der Waals surface area contributed by atoms with Crippen molar-refractivity contribution in [2.45, 2.75) is 52.2 Å². The van der Waals surface area contributed by atoms with Crippen molar-refractivity contribution in [3.05, 3.63) is 94.7 Å². The number of aryl methyl sites for hydroxylation is 1. The van der Waals surface area contributed by atoms with Crippen LogP contribution in [0, 0.1) is 18.2 Å². The maximum atomic E-state index is 16.2. The molecule has 0 bridgehead atoms. The van der Waals surface area contributed by atoms with Gasteiger partial charge in [0.05, 0.1) is 24.5 Å². The quantitative estimate of drug-likeness (QED) is 0.186. The highest BCUT2D eigenvalue weighted by molar-refractivity contribution is 6.33. The Morgan fingerprint density at radius 2 is 1.87 bits per heavy atom. The van der Waals surface area contributed by atoms with Gasteiger partial charge in [0.2, 0.25) is 5.96 Å². The van der Waals surface area contributed by atoms with Gasteiger partial charge in [-0.25, -0.2) is 18.9 Å². The molecular formula is C33H32ClF3N6O4. The summed E-state index contributed by atoms with van der Waals surface area (Å²) < 4.78 is 42.8. The summed E-state index contributed by atoms with van der Waals surface area (Å²) in [4.78, 5) is 36.7. The van der Waals surface area contributed by atoms with Crippen molar-refractivity contribution in [2.75, 3.05) is 6.61 Å². The number of aromatic nitrogens is 3. The number of rotatable bonds is 8. The van der Waals surface area contributed by atoms with E-state index >= 15 is 4.39 Å². The van der Waals surface area contributed by atoms with E-state index < -0.39 is 53.9 Å². The first-order valence-corrected chi connectivity index (χ1v) is 14.9. The molecule has 47 heavy (non-hydrogen) atoms. The van der Waals surface area contributed by atoms with Crippen LogP contribution in [0.3, 0.4) is 0 Å². The summed E-state index contributed by atoms with van der Waals surface area (Å²) >= 11 is 6.54. The maximum absolute atomic E-state index is 16.2. The zero-order valence-corrected chi connectivity index (χ0v) is 26.6. The van der Waals surface area contributed by atoms with Crippen LogP contribution in [0.2, 0.25) is 5.02 Å². The van der Waals surface area contributed by atoms with Gasteiger partial charge in [0.25, 0.3) is 5.91 Å². The molecule has 0 spiro atoms. The molecule has 2 atom stereocenters. The van der Waals surface area contributed by atoms with Gasteiger partial charge in [-0.1, -0.05) is 56.6 Å². The van der Waals surface area contributed by atoms with E-state index in [4.69, 9.17) is 11.6 Å². The highest BCUT2D eigenvalue weighted by atomic mass is 35.5. The van der Waals surface area contributed by atoms with E-state index in [1.54, 1.807) is 30.5 Å². The molecule has 0 aliphatic carbocycles. The van der Waals surface area contributed by atoms with Crippen molar-refractivity contribution in [2.24, 2.45) is 10.4 Å². The van der Waals surface area contributed by atoms with Crippen LogP contribution in [0.5, 0.6) is 0 Å². The van der Waals surface area contributed by atoms with Gasteiger partial charge in [-0.2, -0.15) is 13.9 Å². The van der Waals surface area contributed by atoms with E-state index in [1.165, 1.54) is 18.3 Å². The standard InChI is InChI=1S/C33H32ClF3N6O4/c1-18-6-5-11-38-27(18)22-12-20(8-10-24(22)34)26(16-44)43-28(45)33(17-32(2,3)4,41-30(43)40-31(46)47)23-9-7-19(13-25(23)35)21-14-39-42(15-21)29(36)37/h5-15,26,29,44H,16-17H2,1-4H3,(H,40,41)(H,46,47)/t26-,33-/m1/s1. The first-order chi connectivity index (χ1) is 22.1. The van der Waals surface area contributed by atoms with Crippen molar-refractivity contribution in [3.8, 4) is 22.4 Å². The van der Waals surface area contributed by atoms with E-state index in [2.05, 4.69) is 20.4 Å². The minimum Gasteiger partial charge on any atom is -0.465 e. The summed E-state index contributed by atoms with van der Waals surface area (Å²) in [5.41, 5.74) is -0.0126. The normalized spacial score (nSPS) is 17.3. The number of benzene rings is 2. The predicted molar refractivity (Wildman–Crippen MR) is 169 cm³/mol. The number of alkyl halides is 2. The summed E-state index contributed by atoms with van der Waals surface area (Å²) in [5.74, 6) is -2.05. The van der Waals surface area contributed by atoms with Crippen LogP contribution >= 0.6 is 11.6 Å². The average Bonchev–Trinajstić information content (AvgIpc) is 3.58. The number of carboxylic acid groups (broad SMARTS) is 1. The number of aliphatic hydroxyl groups is 1. The first-order valence-electron chi connectivity index (χ1n) is 14.5. The zero-order chi connectivity index (χ0) is 34.3. The fraction of sp³-hybridized carbons (Fsp3) is 0.303. The second-order valence-electron chi connectivity index (χ2n) is 12.4. The number of aliphatic imine (C=N–C) groups is 1. The Kier molecular flexibility index (Phi) is 9.15. The SMILES string of the molecule is Cc1cccnc1-c1cc([C@@H](CO)N2C(=O)[C@@](CC(C)(C)C)(c3ccc(-c4cnn(C(F)F)c4)cc3F)N=C2NC(=O)O)ccc1Cl. The highest BCUT2D eigenvalue weighted by Gasteiger charge is 2.55. The minimum absolute atomic E-state index is 0.0587. The molecule has 1 aliphatic rings. The maximum Gasteiger partial charge on any atom is 0.411 e. The van der Waals surface area contributed by atoms with Gasteiger partial charge < -0.3 is 10.2 Å². The number of aliphatic hydroxyl groups excluding tert-OH is 1. The fourth-order valence-electron chi connectivity index (χ4n) is 5.86. The van der Waals surface area contributed by atoms with Gasteiger partial charge in [-0.05, 0) is 59.7 Å². The molecule has 2 aromatic carbocycles. The van der Waals surface area contributed by atoms with Gasteiger partial charge >= 0.3 is 12.6 Å². The third kappa shape index (κ3) is 6.58. The lowest BCUT2D eigenvalue weighted by molar-refractivity contribution is -0.135. The lowest BCUT2D eigenvalue weighted by Crippen LogP contribution is -2.49. The summed E-state index contributed by atoms with van der Waals surface area (Å²) in [6, 6.07) is 11.2. The number of nitrogens with zero attached hydrogens (tertiary/aromatic N) is 5. The minimum atomic E-state index is -2.89. The fourth-order valence-corrected chi connectivity index (χ4v) is 6.07. The monoisotopic (exact) mass is 668 g/mol. The highest BCUT2D eigenvalue weighted by Crippen LogP contribution is 2.46. The Balaban J connectivity index is 1.65. The van der Waals surface area contributed by atoms with Gasteiger partial charge in [0.15, 0.2) is 5.54 Å². The lowest BCUT2D eigenvalue weighted by Gasteiger charge is -2.35. The molecule has 0 fully saturated rings. The van der Waals surface area contributed by atoms with Crippen LogP contribution in [0.1, 0.15) is 56.5 Å².